The van der Waals surface area contributed by atoms with Crippen LogP contribution in [0.5, 0.6) is 0 Å². The molecule has 2 aliphatic rings. The molecule has 110 valence electrons. The monoisotopic (exact) mass is 284 g/mol. The Balaban J connectivity index is 1.95. The molecule has 2 fully saturated rings. The first-order valence-corrected chi connectivity index (χ1v) is 7.18. The van der Waals surface area contributed by atoms with Crippen LogP contribution < -0.4 is 5.32 Å². The molecule has 5 heteroatoms. The van der Waals surface area contributed by atoms with Crippen molar-refractivity contribution in [2.24, 2.45) is 5.92 Å². The maximum atomic E-state index is 13.2. The zero-order valence-corrected chi connectivity index (χ0v) is 11.3. The van der Waals surface area contributed by atoms with Crippen molar-refractivity contribution < 1.29 is 13.2 Å². The third kappa shape index (κ3) is 2.83. The second-order valence-corrected chi connectivity index (χ2v) is 5.65. The van der Waals surface area contributed by atoms with E-state index in [-0.39, 0.29) is 6.04 Å². The summed E-state index contributed by atoms with van der Waals surface area (Å²) < 4.78 is 39.7. The fraction of sp³-hybridized carbons (Fsp3) is 0.600. The van der Waals surface area contributed by atoms with Gasteiger partial charge in [0.1, 0.15) is 0 Å². The van der Waals surface area contributed by atoms with Crippen molar-refractivity contribution in [2.75, 3.05) is 26.2 Å². The third-order valence-electron chi connectivity index (χ3n) is 4.20. The highest BCUT2D eigenvalue weighted by Gasteiger charge is 2.42. The Morgan fingerprint density at radius 3 is 2.35 bits per heavy atom. The smallest absolute Gasteiger partial charge is 0.314 e. The molecule has 0 amide bonds. The molecule has 0 spiro atoms. The second kappa shape index (κ2) is 5.37. The molecular weight excluding hydrogens is 265 g/mol. The Morgan fingerprint density at radius 2 is 1.75 bits per heavy atom. The molecule has 1 atom stereocenters. The molecule has 2 nitrogen and oxygen atoms in total. The number of hydrogen-bond acceptors (Lipinski definition) is 2. The summed E-state index contributed by atoms with van der Waals surface area (Å²) in [4.78, 5) is 2.22. The summed E-state index contributed by atoms with van der Waals surface area (Å²) in [5.74, 6) is 0.386. The zero-order chi connectivity index (χ0) is 14.2. The molecule has 1 aromatic rings. The van der Waals surface area contributed by atoms with Crippen LogP contribution in [-0.4, -0.2) is 31.1 Å². The van der Waals surface area contributed by atoms with Crippen molar-refractivity contribution in [1.82, 2.24) is 10.2 Å². The van der Waals surface area contributed by atoms with Crippen LogP contribution in [0, 0.1) is 5.92 Å². The van der Waals surface area contributed by atoms with Gasteiger partial charge in [0.15, 0.2) is 0 Å². The Labute approximate surface area is 117 Å². The van der Waals surface area contributed by atoms with Crippen LogP contribution in [0.25, 0.3) is 0 Å². The normalized spacial score (nSPS) is 22.8. The fourth-order valence-corrected chi connectivity index (χ4v) is 3.13. The van der Waals surface area contributed by atoms with Crippen molar-refractivity contribution >= 4 is 0 Å². The highest BCUT2D eigenvalue weighted by Crippen LogP contribution is 2.47. The number of halogens is 3. The summed E-state index contributed by atoms with van der Waals surface area (Å²) in [7, 11) is 0. The minimum Gasteiger partial charge on any atom is -0.314 e. The van der Waals surface area contributed by atoms with Gasteiger partial charge in [-0.05, 0) is 30.4 Å². The predicted molar refractivity (Wildman–Crippen MR) is 71.4 cm³/mol. The lowest BCUT2D eigenvalue weighted by Gasteiger charge is -2.36. The largest absolute Gasteiger partial charge is 0.416 e. The van der Waals surface area contributed by atoms with Gasteiger partial charge in [0.05, 0.1) is 5.56 Å². The van der Waals surface area contributed by atoms with Crippen LogP contribution in [0.3, 0.4) is 0 Å². The van der Waals surface area contributed by atoms with E-state index in [4.69, 9.17) is 0 Å². The minimum absolute atomic E-state index is 0.0741. The molecule has 1 aliphatic carbocycles. The second-order valence-electron chi connectivity index (χ2n) is 5.65. The van der Waals surface area contributed by atoms with Gasteiger partial charge in [-0.2, -0.15) is 13.2 Å². The SMILES string of the molecule is FC(F)(F)c1ccccc1[C@H](C1CC1)N1CCNCC1. The van der Waals surface area contributed by atoms with Crippen LogP contribution in [0.1, 0.15) is 30.0 Å². The van der Waals surface area contributed by atoms with Crippen LogP contribution in [0.4, 0.5) is 13.2 Å². The number of rotatable bonds is 3. The van der Waals surface area contributed by atoms with E-state index in [0.29, 0.717) is 11.5 Å². The molecule has 0 bridgehead atoms. The van der Waals surface area contributed by atoms with Gasteiger partial charge in [-0.1, -0.05) is 18.2 Å². The van der Waals surface area contributed by atoms with Gasteiger partial charge in [0.25, 0.3) is 0 Å². The lowest BCUT2D eigenvalue weighted by molar-refractivity contribution is -0.138. The van der Waals surface area contributed by atoms with Gasteiger partial charge in [-0.3, -0.25) is 4.90 Å². The lowest BCUT2D eigenvalue weighted by Crippen LogP contribution is -2.46. The van der Waals surface area contributed by atoms with E-state index in [1.807, 2.05) is 0 Å². The average molecular weight is 284 g/mol. The molecule has 1 N–H and O–H groups in total. The summed E-state index contributed by atoms with van der Waals surface area (Å²) in [5, 5.41) is 3.26. The topological polar surface area (TPSA) is 15.3 Å². The molecule has 1 saturated carbocycles. The highest BCUT2D eigenvalue weighted by atomic mass is 19.4. The van der Waals surface area contributed by atoms with Crippen molar-refractivity contribution in [3.05, 3.63) is 35.4 Å². The molecule has 0 aromatic heterocycles. The minimum atomic E-state index is -4.27. The van der Waals surface area contributed by atoms with Crippen molar-refractivity contribution in [2.45, 2.75) is 25.1 Å². The molecular formula is C15H19F3N2. The highest BCUT2D eigenvalue weighted by molar-refractivity contribution is 5.33. The first-order chi connectivity index (χ1) is 9.57. The van der Waals surface area contributed by atoms with Gasteiger partial charge < -0.3 is 5.32 Å². The molecule has 1 aliphatic heterocycles. The lowest BCUT2D eigenvalue weighted by atomic mass is 9.94. The van der Waals surface area contributed by atoms with Crippen molar-refractivity contribution in [3.63, 3.8) is 0 Å². The van der Waals surface area contributed by atoms with E-state index < -0.39 is 11.7 Å². The number of benzene rings is 1. The maximum absolute atomic E-state index is 13.2. The number of nitrogens with one attached hydrogen (secondary N) is 1. The Bertz CT molecular complexity index is 462. The molecule has 1 aromatic carbocycles. The van der Waals surface area contributed by atoms with E-state index >= 15 is 0 Å². The van der Waals surface area contributed by atoms with Crippen LogP contribution in [0.2, 0.25) is 0 Å². The maximum Gasteiger partial charge on any atom is 0.416 e. The van der Waals surface area contributed by atoms with Gasteiger partial charge in [0, 0.05) is 32.2 Å². The average Bonchev–Trinajstić information content (AvgIpc) is 3.24. The van der Waals surface area contributed by atoms with Crippen LogP contribution >= 0.6 is 0 Å². The van der Waals surface area contributed by atoms with E-state index in [2.05, 4.69) is 10.2 Å². The Hall–Kier alpha value is -1.07. The fourth-order valence-electron chi connectivity index (χ4n) is 3.13. The molecule has 20 heavy (non-hydrogen) atoms. The summed E-state index contributed by atoms with van der Waals surface area (Å²) in [6.45, 7) is 3.37. The van der Waals surface area contributed by atoms with Gasteiger partial charge >= 0.3 is 6.18 Å². The van der Waals surface area contributed by atoms with E-state index in [9.17, 15) is 13.2 Å². The number of nitrogens with zero attached hydrogens (tertiary/aromatic N) is 1. The quantitative estimate of drug-likeness (QED) is 0.917. The van der Waals surface area contributed by atoms with E-state index in [1.54, 1.807) is 12.1 Å². The first kappa shape index (κ1) is 13.9. The van der Waals surface area contributed by atoms with E-state index in [0.717, 1.165) is 39.0 Å². The van der Waals surface area contributed by atoms with E-state index in [1.165, 1.54) is 12.1 Å². The van der Waals surface area contributed by atoms with Crippen molar-refractivity contribution in [1.29, 1.82) is 0 Å². The number of hydrogen-bond donors (Lipinski definition) is 1. The van der Waals surface area contributed by atoms with Gasteiger partial charge in [-0.25, -0.2) is 0 Å². The molecule has 1 heterocycles. The van der Waals surface area contributed by atoms with Crippen molar-refractivity contribution in [3.8, 4) is 0 Å². The van der Waals surface area contributed by atoms with Crippen LogP contribution in [-0.2, 0) is 6.18 Å². The summed E-state index contributed by atoms with van der Waals surface area (Å²) in [6.07, 6.45) is -2.18. The van der Waals surface area contributed by atoms with Gasteiger partial charge in [0.2, 0.25) is 0 Å². The Kier molecular flexibility index (Phi) is 3.73. The third-order valence-corrected chi connectivity index (χ3v) is 4.20. The summed E-state index contributed by atoms with van der Waals surface area (Å²) in [6, 6.07) is 6.01. The number of alkyl halides is 3. The molecule has 1 saturated heterocycles. The molecule has 3 rings (SSSR count). The zero-order valence-electron chi connectivity index (χ0n) is 11.3. The number of piperazine rings is 1. The summed E-state index contributed by atoms with van der Waals surface area (Å²) >= 11 is 0. The molecule has 0 unspecified atom stereocenters. The van der Waals surface area contributed by atoms with Crippen LogP contribution in [0.15, 0.2) is 24.3 Å². The Morgan fingerprint density at radius 1 is 1.10 bits per heavy atom. The predicted octanol–water partition coefficient (Wildman–Crippen LogP) is 3.06. The molecule has 0 radical (unpaired) electrons. The first-order valence-electron chi connectivity index (χ1n) is 7.18. The van der Waals surface area contributed by atoms with Gasteiger partial charge in [-0.15, -0.1) is 0 Å². The standard InChI is InChI=1S/C15H19F3N2/c16-15(17,18)13-4-2-1-3-12(13)14(11-5-6-11)20-9-7-19-8-10-20/h1-4,11,14,19H,5-10H2/t14-/m0/s1. The summed E-state index contributed by atoms with van der Waals surface area (Å²) in [5.41, 5.74) is -0.000155.